The molecule has 1 aromatic heterocycles. The van der Waals surface area contributed by atoms with Crippen molar-refractivity contribution in [3.63, 3.8) is 0 Å². The second-order valence-corrected chi connectivity index (χ2v) is 4.72. The molecule has 0 saturated heterocycles. The summed E-state index contributed by atoms with van der Waals surface area (Å²) in [5.74, 6) is 0. The molecule has 0 amide bonds. The minimum atomic E-state index is -0.243. The highest BCUT2D eigenvalue weighted by molar-refractivity contribution is 5.40. The molecular weight excluding hydrogens is 254 g/mol. The van der Waals surface area contributed by atoms with Gasteiger partial charge < -0.3 is 10.3 Å². The van der Waals surface area contributed by atoms with Gasteiger partial charge in [0.1, 0.15) is 0 Å². The van der Waals surface area contributed by atoms with Crippen LogP contribution in [0.4, 0.5) is 5.69 Å². The van der Waals surface area contributed by atoms with Gasteiger partial charge in [-0.2, -0.15) is 0 Å². The lowest BCUT2D eigenvalue weighted by Crippen LogP contribution is -2.38. The van der Waals surface area contributed by atoms with E-state index in [9.17, 15) is 9.59 Å². The normalized spacial score (nSPS) is 10.7. The Balaban J connectivity index is 2.08. The van der Waals surface area contributed by atoms with Crippen molar-refractivity contribution in [3.8, 4) is 0 Å². The number of rotatable bonds is 5. The Hall–Kier alpha value is -2.30. The molecule has 0 unspecified atom stereocenters. The number of nitrogens with zero attached hydrogens (tertiary/aromatic N) is 2. The van der Waals surface area contributed by atoms with Gasteiger partial charge in [0.2, 0.25) is 0 Å². The van der Waals surface area contributed by atoms with Crippen LogP contribution in [0, 0.1) is 0 Å². The van der Waals surface area contributed by atoms with Crippen LogP contribution in [0.1, 0.15) is 18.9 Å². The Morgan fingerprint density at radius 1 is 1.20 bits per heavy atom. The van der Waals surface area contributed by atoms with Crippen molar-refractivity contribution in [1.29, 1.82) is 0 Å². The summed E-state index contributed by atoms with van der Waals surface area (Å²) in [6.07, 6.45) is 3.06. The van der Waals surface area contributed by atoms with Crippen LogP contribution in [-0.2, 0) is 19.5 Å². The highest BCUT2D eigenvalue weighted by atomic mass is 16.2. The first-order valence-corrected chi connectivity index (χ1v) is 6.76. The van der Waals surface area contributed by atoms with Crippen LogP contribution in [-0.4, -0.2) is 9.13 Å². The summed E-state index contributed by atoms with van der Waals surface area (Å²) in [6, 6.07) is 9.09. The van der Waals surface area contributed by atoms with E-state index in [2.05, 4.69) is 0 Å². The first kappa shape index (κ1) is 14.1. The van der Waals surface area contributed by atoms with Gasteiger partial charge in [-0.1, -0.05) is 12.1 Å². The van der Waals surface area contributed by atoms with Crippen molar-refractivity contribution in [2.24, 2.45) is 0 Å². The Bertz CT molecular complexity index is 701. The van der Waals surface area contributed by atoms with Crippen molar-refractivity contribution in [2.75, 3.05) is 5.73 Å². The van der Waals surface area contributed by atoms with E-state index in [1.165, 1.54) is 15.2 Å². The lowest BCUT2D eigenvalue weighted by Gasteiger charge is -2.08. The molecule has 1 heterocycles. The Morgan fingerprint density at radius 3 is 2.70 bits per heavy atom. The van der Waals surface area contributed by atoms with Crippen molar-refractivity contribution in [2.45, 2.75) is 32.9 Å². The minimum absolute atomic E-state index is 0.243. The fourth-order valence-electron chi connectivity index (χ4n) is 2.19. The zero-order chi connectivity index (χ0) is 14.5. The van der Waals surface area contributed by atoms with Crippen LogP contribution in [0.25, 0.3) is 0 Å². The topological polar surface area (TPSA) is 70.0 Å². The molecule has 2 N–H and O–H groups in total. The molecule has 0 radical (unpaired) electrons. The number of aryl methyl sites for hydroxylation is 2. The number of aromatic nitrogens is 2. The van der Waals surface area contributed by atoms with Crippen LogP contribution in [0.2, 0.25) is 0 Å². The first-order valence-electron chi connectivity index (χ1n) is 6.76. The molecule has 0 aliphatic carbocycles. The molecule has 5 heteroatoms. The second-order valence-electron chi connectivity index (χ2n) is 4.72. The Morgan fingerprint density at radius 2 is 2.00 bits per heavy atom. The Kier molecular flexibility index (Phi) is 4.40. The van der Waals surface area contributed by atoms with Gasteiger partial charge in [-0.25, -0.2) is 4.79 Å². The number of nitrogen functional groups attached to an aromatic ring is 1. The van der Waals surface area contributed by atoms with Gasteiger partial charge in [0.05, 0.1) is 0 Å². The highest BCUT2D eigenvalue weighted by Gasteiger charge is 2.04. The minimum Gasteiger partial charge on any atom is -0.399 e. The molecular formula is C15H19N3O2. The molecule has 20 heavy (non-hydrogen) atoms. The van der Waals surface area contributed by atoms with E-state index >= 15 is 0 Å². The molecule has 2 rings (SSSR count). The van der Waals surface area contributed by atoms with E-state index in [1.54, 1.807) is 6.20 Å². The lowest BCUT2D eigenvalue weighted by molar-refractivity contribution is 0.544. The van der Waals surface area contributed by atoms with Crippen LogP contribution in [0.15, 0.2) is 46.1 Å². The van der Waals surface area contributed by atoms with E-state index in [-0.39, 0.29) is 11.2 Å². The molecule has 0 atom stereocenters. The Labute approximate surface area is 117 Å². The molecule has 1 aromatic carbocycles. The van der Waals surface area contributed by atoms with Gasteiger partial charge in [-0.15, -0.1) is 0 Å². The van der Waals surface area contributed by atoms with Gasteiger partial charge in [0.25, 0.3) is 5.56 Å². The number of benzene rings is 1. The molecule has 0 bridgehead atoms. The van der Waals surface area contributed by atoms with Crippen LogP contribution in [0.3, 0.4) is 0 Å². The predicted octanol–water partition coefficient (Wildman–Crippen LogP) is 1.24. The van der Waals surface area contributed by atoms with Crippen LogP contribution >= 0.6 is 0 Å². The smallest absolute Gasteiger partial charge is 0.330 e. The summed E-state index contributed by atoms with van der Waals surface area (Å²) in [6.45, 7) is 2.87. The van der Waals surface area contributed by atoms with Gasteiger partial charge in [0.15, 0.2) is 0 Å². The third-order valence-corrected chi connectivity index (χ3v) is 3.28. The van der Waals surface area contributed by atoms with E-state index < -0.39 is 0 Å². The SMILES string of the molecule is CCn1ccc(=O)n(CCCc2cccc(N)c2)c1=O. The summed E-state index contributed by atoms with van der Waals surface area (Å²) in [5.41, 5.74) is 7.08. The predicted molar refractivity (Wildman–Crippen MR) is 79.8 cm³/mol. The fraction of sp³-hybridized carbons (Fsp3) is 0.333. The maximum absolute atomic E-state index is 12.0. The number of anilines is 1. The third kappa shape index (κ3) is 3.17. The summed E-state index contributed by atoms with van der Waals surface area (Å²) in [5, 5.41) is 0. The highest BCUT2D eigenvalue weighted by Crippen LogP contribution is 2.08. The van der Waals surface area contributed by atoms with Crippen LogP contribution < -0.4 is 17.0 Å². The molecule has 0 saturated carbocycles. The fourth-order valence-corrected chi connectivity index (χ4v) is 2.19. The zero-order valence-corrected chi connectivity index (χ0v) is 11.6. The molecule has 0 fully saturated rings. The van der Waals surface area contributed by atoms with Gasteiger partial charge >= 0.3 is 5.69 Å². The van der Waals surface area contributed by atoms with E-state index in [4.69, 9.17) is 5.73 Å². The van der Waals surface area contributed by atoms with E-state index in [0.717, 1.165) is 24.1 Å². The number of hydrogen-bond acceptors (Lipinski definition) is 3. The van der Waals surface area contributed by atoms with Gasteiger partial charge in [-0.05, 0) is 37.5 Å². The molecule has 2 aromatic rings. The molecule has 106 valence electrons. The van der Waals surface area contributed by atoms with Gasteiger partial charge in [0, 0.05) is 31.0 Å². The lowest BCUT2D eigenvalue weighted by atomic mass is 10.1. The summed E-state index contributed by atoms with van der Waals surface area (Å²) < 4.78 is 2.82. The quantitative estimate of drug-likeness (QED) is 0.833. The van der Waals surface area contributed by atoms with E-state index in [1.807, 2.05) is 31.2 Å². The maximum atomic E-state index is 12.0. The molecule has 0 spiro atoms. The average molecular weight is 273 g/mol. The first-order chi connectivity index (χ1) is 9.61. The van der Waals surface area contributed by atoms with E-state index in [0.29, 0.717) is 13.1 Å². The second kappa shape index (κ2) is 6.23. The largest absolute Gasteiger partial charge is 0.399 e. The summed E-state index contributed by atoms with van der Waals surface area (Å²) in [4.78, 5) is 23.8. The molecule has 0 aliphatic rings. The average Bonchev–Trinajstić information content (AvgIpc) is 2.43. The van der Waals surface area contributed by atoms with Crippen molar-refractivity contribution in [3.05, 3.63) is 62.9 Å². The zero-order valence-electron chi connectivity index (χ0n) is 11.6. The number of nitrogens with two attached hydrogens (primary N) is 1. The molecule has 0 aliphatic heterocycles. The monoisotopic (exact) mass is 273 g/mol. The standard InChI is InChI=1S/C15H19N3O2/c1-2-17-10-8-14(19)18(15(17)20)9-4-6-12-5-3-7-13(16)11-12/h3,5,7-8,10-11H,2,4,6,9,16H2,1H3. The van der Waals surface area contributed by atoms with Gasteiger partial charge in [-0.3, -0.25) is 9.36 Å². The van der Waals surface area contributed by atoms with Crippen molar-refractivity contribution >= 4 is 5.69 Å². The van der Waals surface area contributed by atoms with Crippen LogP contribution in [0.5, 0.6) is 0 Å². The third-order valence-electron chi connectivity index (χ3n) is 3.28. The summed E-state index contributed by atoms with van der Waals surface area (Å²) in [7, 11) is 0. The number of hydrogen-bond donors (Lipinski definition) is 1. The maximum Gasteiger partial charge on any atom is 0.330 e. The van der Waals surface area contributed by atoms with Crippen molar-refractivity contribution in [1.82, 2.24) is 9.13 Å². The molecule has 5 nitrogen and oxygen atoms in total. The summed E-state index contributed by atoms with van der Waals surface area (Å²) >= 11 is 0. The van der Waals surface area contributed by atoms with Crippen molar-refractivity contribution < 1.29 is 0 Å².